The Morgan fingerprint density at radius 3 is 1.92 bits per heavy atom. The van der Waals surface area contributed by atoms with Crippen LogP contribution < -0.4 is 0 Å². The Balaban J connectivity index is 1.22. The Kier molecular flexibility index (Phi) is 6.25. The van der Waals surface area contributed by atoms with Crippen molar-refractivity contribution >= 4 is 65.4 Å². The zero-order chi connectivity index (χ0) is 34.2. The summed E-state index contributed by atoms with van der Waals surface area (Å²) in [5, 5.41) is 8.10. The first kappa shape index (κ1) is 28.8. The number of hydrogen-bond acceptors (Lipinski definition) is 2. The van der Waals surface area contributed by atoms with Crippen LogP contribution in [0.2, 0.25) is 0 Å². The molecule has 3 heterocycles. The van der Waals surface area contributed by atoms with Crippen LogP contribution >= 0.6 is 0 Å². The molecule has 0 N–H and O–H groups in total. The number of rotatable bonds is 4. The van der Waals surface area contributed by atoms with E-state index in [9.17, 15) is 0 Å². The van der Waals surface area contributed by atoms with Crippen molar-refractivity contribution in [2.75, 3.05) is 0 Å². The standard InChI is InChI=1S/C49H30N2O/c1-3-15-31(16-4-1)45-47-36-21-7-10-25-40(36)50-49(39(47)30-44-48(45)38-23-9-12-28-43(38)52-44)33-18-13-17-32(29-33)35-24-14-27-42-46(35)37-22-8-11-26-41(37)51(42)34-19-5-2-6-20-34/h1-30H. The van der Waals surface area contributed by atoms with Gasteiger partial charge < -0.3 is 8.98 Å². The summed E-state index contributed by atoms with van der Waals surface area (Å²) in [6.07, 6.45) is 0. The van der Waals surface area contributed by atoms with Crippen molar-refractivity contribution in [1.82, 2.24) is 9.55 Å². The van der Waals surface area contributed by atoms with Crippen molar-refractivity contribution in [1.29, 1.82) is 0 Å². The maximum atomic E-state index is 6.62. The van der Waals surface area contributed by atoms with Gasteiger partial charge in [0.1, 0.15) is 11.2 Å². The lowest BCUT2D eigenvalue weighted by Crippen LogP contribution is -1.94. The maximum Gasteiger partial charge on any atom is 0.136 e. The van der Waals surface area contributed by atoms with Gasteiger partial charge in [-0.15, -0.1) is 0 Å². The van der Waals surface area contributed by atoms with Crippen LogP contribution in [0.3, 0.4) is 0 Å². The highest BCUT2D eigenvalue weighted by atomic mass is 16.3. The Hall–Kier alpha value is -6.97. The number of fused-ring (bicyclic) bond motifs is 9. The van der Waals surface area contributed by atoms with Gasteiger partial charge in [-0.25, -0.2) is 4.98 Å². The Morgan fingerprint density at radius 1 is 0.404 bits per heavy atom. The summed E-state index contributed by atoms with van der Waals surface area (Å²) in [6.45, 7) is 0. The molecule has 8 aromatic carbocycles. The number of aromatic nitrogens is 2. The number of nitrogens with zero attached hydrogens (tertiary/aromatic N) is 2. The van der Waals surface area contributed by atoms with Crippen molar-refractivity contribution in [3.63, 3.8) is 0 Å². The van der Waals surface area contributed by atoms with Crippen molar-refractivity contribution in [2.24, 2.45) is 0 Å². The summed E-state index contributed by atoms with van der Waals surface area (Å²) >= 11 is 0. The molecule has 0 radical (unpaired) electrons. The summed E-state index contributed by atoms with van der Waals surface area (Å²) in [5.41, 5.74) is 12.9. The van der Waals surface area contributed by atoms with E-state index in [2.05, 4.69) is 180 Å². The molecule has 3 nitrogen and oxygen atoms in total. The molecule has 11 aromatic rings. The number of para-hydroxylation sites is 4. The van der Waals surface area contributed by atoms with Crippen molar-refractivity contribution in [3.8, 4) is 39.2 Å². The van der Waals surface area contributed by atoms with Gasteiger partial charge in [-0.3, -0.25) is 0 Å². The Bertz CT molecular complexity index is 3170. The van der Waals surface area contributed by atoms with E-state index in [4.69, 9.17) is 9.40 Å². The molecular formula is C49H30N2O. The van der Waals surface area contributed by atoms with Crippen LogP contribution in [0.5, 0.6) is 0 Å². The summed E-state index contributed by atoms with van der Waals surface area (Å²) in [5.74, 6) is 0. The molecule has 0 bridgehead atoms. The Morgan fingerprint density at radius 2 is 1.06 bits per heavy atom. The highest BCUT2D eigenvalue weighted by Gasteiger charge is 2.22. The molecule has 0 fully saturated rings. The van der Waals surface area contributed by atoms with E-state index in [1.54, 1.807) is 0 Å². The monoisotopic (exact) mass is 662 g/mol. The van der Waals surface area contributed by atoms with Gasteiger partial charge in [0.15, 0.2) is 0 Å². The first-order valence-corrected chi connectivity index (χ1v) is 17.7. The molecule has 0 saturated heterocycles. The number of benzene rings is 8. The molecule has 0 aliphatic heterocycles. The lowest BCUT2D eigenvalue weighted by Gasteiger charge is -2.16. The molecule has 0 aliphatic rings. The summed E-state index contributed by atoms with van der Waals surface area (Å²) in [7, 11) is 0. The second-order valence-corrected chi connectivity index (χ2v) is 13.5. The minimum Gasteiger partial charge on any atom is -0.456 e. The third-order valence-corrected chi connectivity index (χ3v) is 10.5. The Labute approximate surface area is 299 Å². The highest BCUT2D eigenvalue weighted by molar-refractivity contribution is 6.28. The molecular weight excluding hydrogens is 633 g/mol. The highest BCUT2D eigenvalue weighted by Crippen LogP contribution is 2.47. The molecule has 52 heavy (non-hydrogen) atoms. The van der Waals surface area contributed by atoms with Crippen LogP contribution in [0.1, 0.15) is 0 Å². The zero-order valence-corrected chi connectivity index (χ0v) is 28.1. The minimum atomic E-state index is 0.862. The predicted molar refractivity (Wildman–Crippen MR) is 217 cm³/mol. The summed E-state index contributed by atoms with van der Waals surface area (Å²) < 4.78 is 8.99. The van der Waals surface area contributed by atoms with E-state index in [1.165, 1.54) is 38.3 Å². The third-order valence-electron chi connectivity index (χ3n) is 10.5. The van der Waals surface area contributed by atoms with E-state index in [1.807, 2.05) is 6.07 Å². The topological polar surface area (TPSA) is 31.0 Å². The van der Waals surface area contributed by atoms with Crippen LogP contribution in [0.4, 0.5) is 0 Å². The van der Waals surface area contributed by atoms with E-state index in [-0.39, 0.29) is 0 Å². The second-order valence-electron chi connectivity index (χ2n) is 13.5. The average Bonchev–Trinajstić information content (AvgIpc) is 3.76. The molecule has 0 atom stereocenters. The van der Waals surface area contributed by atoms with Gasteiger partial charge >= 0.3 is 0 Å². The molecule has 3 aromatic heterocycles. The van der Waals surface area contributed by atoms with Crippen LogP contribution in [0.15, 0.2) is 186 Å². The normalized spacial score (nSPS) is 11.8. The molecule has 242 valence electrons. The summed E-state index contributed by atoms with van der Waals surface area (Å²) in [6, 6.07) is 64.7. The van der Waals surface area contributed by atoms with Crippen molar-refractivity contribution in [3.05, 3.63) is 182 Å². The molecule has 3 heteroatoms. The molecule has 0 spiro atoms. The van der Waals surface area contributed by atoms with Crippen molar-refractivity contribution < 1.29 is 4.42 Å². The van der Waals surface area contributed by atoms with Gasteiger partial charge in [0.25, 0.3) is 0 Å². The molecule has 11 rings (SSSR count). The van der Waals surface area contributed by atoms with Gasteiger partial charge in [0.05, 0.1) is 22.2 Å². The number of pyridine rings is 1. The van der Waals surface area contributed by atoms with Crippen molar-refractivity contribution in [2.45, 2.75) is 0 Å². The maximum absolute atomic E-state index is 6.62. The predicted octanol–water partition coefficient (Wildman–Crippen LogP) is 13.4. The smallest absolute Gasteiger partial charge is 0.136 e. The van der Waals surface area contributed by atoms with E-state index < -0.39 is 0 Å². The molecule has 0 amide bonds. The fourth-order valence-corrected chi connectivity index (χ4v) is 8.38. The second kappa shape index (κ2) is 11.3. The van der Waals surface area contributed by atoms with Gasteiger partial charge in [-0.1, -0.05) is 133 Å². The van der Waals surface area contributed by atoms with Crippen LogP contribution in [0, 0.1) is 0 Å². The van der Waals surface area contributed by atoms with E-state index >= 15 is 0 Å². The van der Waals surface area contributed by atoms with Crippen LogP contribution in [0.25, 0.3) is 105 Å². The van der Waals surface area contributed by atoms with Gasteiger partial charge in [-0.05, 0) is 65.2 Å². The largest absolute Gasteiger partial charge is 0.456 e. The first-order valence-electron chi connectivity index (χ1n) is 17.7. The fraction of sp³-hybridized carbons (Fsp3) is 0. The third kappa shape index (κ3) is 4.23. The fourth-order valence-electron chi connectivity index (χ4n) is 8.38. The quantitative estimate of drug-likeness (QED) is 0.176. The lowest BCUT2D eigenvalue weighted by atomic mass is 9.89. The van der Waals surface area contributed by atoms with Gasteiger partial charge in [0.2, 0.25) is 0 Å². The number of furan rings is 1. The van der Waals surface area contributed by atoms with E-state index in [0.717, 1.165) is 66.3 Å². The number of hydrogen-bond donors (Lipinski definition) is 0. The summed E-state index contributed by atoms with van der Waals surface area (Å²) in [4.78, 5) is 5.41. The van der Waals surface area contributed by atoms with Gasteiger partial charge in [-0.2, -0.15) is 0 Å². The molecule has 0 aliphatic carbocycles. The van der Waals surface area contributed by atoms with Crippen LogP contribution in [-0.2, 0) is 0 Å². The SMILES string of the molecule is c1ccc(-c2c3c(cc4c(-c5cccc(-c6cccc7c6c6ccccc6n7-c6ccccc6)c5)nc5ccccc5c24)oc2ccccc23)cc1. The first-order chi connectivity index (χ1) is 25.8. The van der Waals surface area contributed by atoms with Gasteiger partial charge in [0, 0.05) is 54.5 Å². The molecule has 0 saturated carbocycles. The molecule has 0 unspecified atom stereocenters. The minimum absolute atomic E-state index is 0.862. The van der Waals surface area contributed by atoms with E-state index in [0.29, 0.717) is 0 Å². The average molecular weight is 663 g/mol. The zero-order valence-electron chi connectivity index (χ0n) is 28.1. The van der Waals surface area contributed by atoms with Crippen LogP contribution in [-0.4, -0.2) is 9.55 Å². The lowest BCUT2D eigenvalue weighted by molar-refractivity contribution is 0.669.